The van der Waals surface area contributed by atoms with Gasteiger partial charge in [-0.15, -0.1) is 0 Å². The highest BCUT2D eigenvalue weighted by Crippen LogP contribution is 2.26. The molecule has 0 spiro atoms. The van der Waals surface area contributed by atoms with Crippen LogP contribution < -0.4 is 0 Å². The molecule has 1 saturated heterocycles. The van der Waals surface area contributed by atoms with Crippen molar-refractivity contribution >= 4 is 17.5 Å². The van der Waals surface area contributed by atoms with Crippen molar-refractivity contribution in [2.75, 3.05) is 20.2 Å². The Morgan fingerprint density at radius 3 is 2.63 bits per heavy atom. The monoisotopic (exact) mass is 410 g/mol. The second-order valence-corrected chi connectivity index (χ2v) is 7.76. The fraction of sp³-hybridized carbons (Fsp3) is 0.364. The summed E-state index contributed by atoms with van der Waals surface area (Å²) in [6.45, 7) is 4.80. The molecular weight excluding hydrogens is 387 g/mol. The number of amides is 1. The number of piperidine rings is 1. The Bertz CT molecular complexity index is 1110. The molecule has 1 aromatic carbocycles. The van der Waals surface area contributed by atoms with E-state index in [1.165, 1.54) is 19.2 Å². The number of carbonyl (C=O) groups excluding carboxylic acids is 2. The third-order valence-corrected chi connectivity index (χ3v) is 5.66. The van der Waals surface area contributed by atoms with E-state index in [1.54, 1.807) is 27.7 Å². The Morgan fingerprint density at radius 1 is 1.23 bits per heavy atom. The van der Waals surface area contributed by atoms with Crippen molar-refractivity contribution in [3.05, 3.63) is 53.6 Å². The second kappa shape index (κ2) is 7.85. The van der Waals surface area contributed by atoms with Gasteiger partial charge in [0.25, 0.3) is 5.91 Å². The minimum atomic E-state index is -0.308. The van der Waals surface area contributed by atoms with Crippen LogP contribution in [0, 0.1) is 24.6 Å². The molecule has 1 fully saturated rings. The number of esters is 1. The van der Waals surface area contributed by atoms with Gasteiger partial charge in [-0.1, -0.05) is 6.92 Å². The fourth-order valence-electron chi connectivity index (χ4n) is 3.99. The summed E-state index contributed by atoms with van der Waals surface area (Å²) in [6, 6.07) is 7.97. The summed E-state index contributed by atoms with van der Waals surface area (Å²) < 4.78 is 19.7. The summed E-state index contributed by atoms with van der Waals surface area (Å²) in [4.78, 5) is 31.1. The van der Waals surface area contributed by atoms with Crippen molar-refractivity contribution in [1.82, 2.24) is 19.5 Å². The van der Waals surface area contributed by atoms with Gasteiger partial charge >= 0.3 is 5.97 Å². The van der Waals surface area contributed by atoms with E-state index in [0.29, 0.717) is 36.5 Å². The summed E-state index contributed by atoms with van der Waals surface area (Å²) in [5.74, 6) is -0.898. The molecule has 0 aliphatic carbocycles. The molecule has 3 aromatic rings. The van der Waals surface area contributed by atoms with Crippen molar-refractivity contribution in [1.29, 1.82) is 0 Å². The van der Waals surface area contributed by atoms with Crippen LogP contribution in [-0.4, -0.2) is 51.6 Å². The van der Waals surface area contributed by atoms with E-state index in [-0.39, 0.29) is 29.5 Å². The van der Waals surface area contributed by atoms with Gasteiger partial charge in [-0.3, -0.25) is 9.59 Å². The largest absolute Gasteiger partial charge is 0.469 e. The van der Waals surface area contributed by atoms with E-state index in [4.69, 9.17) is 4.74 Å². The van der Waals surface area contributed by atoms with Gasteiger partial charge in [0.15, 0.2) is 5.65 Å². The van der Waals surface area contributed by atoms with Gasteiger partial charge in [0, 0.05) is 18.7 Å². The minimum absolute atomic E-state index is 0.0112. The molecule has 7 nitrogen and oxygen atoms in total. The lowest BCUT2D eigenvalue weighted by Gasteiger charge is -2.35. The number of likely N-dealkylation sites (tertiary alicyclic amines) is 1. The average Bonchev–Trinajstić information content (AvgIpc) is 3.18. The molecule has 4 rings (SSSR count). The maximum absolute atomic E-state index is 13.2. The lowest BCUT2D eigenvalue weighted by Crippen LogP contribution is -2.45. The number of benzene rings is 1. The van der Waals surface area contributed by atoms with Crippen LogP contribution in [0.2, 0.25) is 0 Å². The van der Waals surface area contributed by atoms with Crippen LogP contribution in [0.3, 0.4) is 0 Å². The SMILES string of the molecule is COC(=O)C1CCN(C(=O)c2cn3nc(-c4ccc(F)cc4)cc(C)c3n2)CC1C. The molecule has 1 amide bonds. The summed E-state index contributed by atoms with van der Waals surface area (Å²) in [5, 5.41) is 4.55. The van der Waals surface area contributed by atoms with E-state index >= 15 is 0 Å². The predicted molar refractivity (Wildman–Crippen MR) is 108 cm³/mol. The first-order valence-corrected chi connectivity index (χ1v) is 9.87. The van der Waals surface area contributed by atoms with E-state index in [2.05, 4.69) is 10.1 Å². The quantitative estimate of drug-likeness (QED) is 0.620. The number of aromatic nitrogens is 3. The topological polar surface area (TPSA) is 76.8 Å². The number of aryl methyl sites for hydroxylation is 1. The zero-order valence-electron chi connectivity index (χ0n) is 17.1. The summed E-state index contributed by atoms with van der Waals surface area (Å²) in [6.07, 6.45) is 2.19. The molecule has 1 aliphatic rings. The normalized spacial score (nSPS) is 19.1. The maximum Gasteiger partial charge on any atom is 0.309 e. The molecule has 30 heavy (non-hydrogen) atoms. The average molecular weight is 410 g/mol. The number of carbonyl (C=O) groups is 2. The molecule has 1 aliphatic heterocycles. The predicted octanol–water partition coefficient (Wildman–Crippen LogP) is 3.12. The van der Waals surface area contributed by atoms with Gasteiger partial charge in [-0.2, -0.15) is 5.10 Å². The van der Waals surface area contributed by atoms with E-state index < -0.39 is 0 Å². The Hall–Kier alpha value is -3.29. The number of ether oxygens (including phenoxy) is 1. The molecule has 2 atom stereocenters. The molecular formula is C22H23FN4O3. The lowest BCUT2D eigenvalue weighted by molar-refractivity contribution is -0.148. The highest BCUT2D eigenvalue weighted by atomic mass is 19.1. The molecule has 156 valence electrons. The van der Waals surface area contributed by atoms with Crippen molar-refractivity contribution in [2.24, 2.45) is 11.8 Å². The van der Waals surface area contributed by atoms with Crippen LogP contribution in [0.15, 0.2) is 36.5 Å². The van der Waals surface area contributed by atoms with Crippen LogP contribution >= 0.6 is 0 Å². The van der Waals surface area contributed by atoms with Crippen LogP contribution in [0.4, 0.5) is 4.39 Å². The smallest absolute Gasteiger partial charge is 0.309 e. The third-order valence-electron chi connectivity index (χ3n) is 5.66. The Labute approximate surface area is 173 Å². The number of hydrogen-bond donors (Lipinski definition) is 0. The zero-order chi connectivity index (χ0) is 21.4. The van der Waals surface area contributed by atoms with Crippen LogP contribution in [-0.2, 0) is 9.53 Å². The number of imidazole rings is 1. The molecule has 2 unspecified atom stereocenters. The second-order valence-electron chi connectivity index (χ2n) is 7.76. The van der Waals surface area contributed by atoms with Gasteiger partial charge in [0.2, 0.25) is 0 Å². The Morgan fingerprint density at radius 2 is 1.97 bits per heavy atom. The van der Waals surface area contributed by atoms with Crippen LogP contribution in [0.1, 0.15) is 29.4 Å². The standard InChI is InChI=1S/C22H23FN4O3/c1-13-10-18(15-4-6-16(23)7-5-15)25-27-12-19(24-20(13)27)21(28)26-9-8-17(14(2)11-26)22(29)30-3/h4-7,10,12,14,17H,8-9,11H2,1-3H3. The number of nitrogens with zero attached hydrogens (tertiary/aromatic N) is 4. The minimum Gasteiger partial charge on any atom is -0.469 e. The van der Waals surface area contributed by atoms with Gasteiger partial charge in [-0.25, -0.2) is 13.9 Å². The molecule has 0 saturated carbocycles. The fourth-order valence-corrected chi connectivity index (χ4v) is 3.99. The van der Waals surface area contributed by atoms with Gasteiger partial charge < -0.3 is 9.64 Å². The zero-order valence-corrected chi connectivity index (χ0v) is 17.1. The summed E-state index contributed by atoms with van der Waals surface area (Å²) in [5.41, 5.74) is 3.22. The van der Waals surface area contributed by atoms with Gasteiger partial charge in [-0.05, 0) is 55.2 Å². The van der Waals surface area contributed by atoms with E-state index in [0.717, 1.165) is 11.1 Å². The molecule has 8 heteroatoms. The van der Waals surface area contributed by atoms with Crippen molar-refractivity contribution < 1.29 is 18.7 Å². The first kappa shape index (κ1) is 20.0. The Balaban J connectivity index is 1.59. The number of halogens is 1. The molecule has 2 aromatic heterocycles. The summed E-state index contributed by atoms with van der Waals surface area (Å²) in [7, 11) is 1.39. The van der Waals surface area contributed by atoms with Crippen molar-refractivity contribution in [3.8, 4) is 11.3 Å². The Kier molecular flexibility index (Phi) is 5.24. The number of hydrogen-bond acceptors (Lipinski definition) is 5. The number of rotatable bonds is 3. The molecule has 3 heterocycles. The van der Waals surface area contributed by atoms with E-state index in [9.17, 15) is 14.0 Å². The summed E-state index contributed by atoms with van der Waals surface area (Å²) >= 11 is 0. The maximum atomic E-state index is 13.2. The van der Waals surface area contributed by atoms with Crippen LogP contribution in [0.5, 0.6) is 0 Å². The van der Waals surface area contributed by atoms with E-state index in [1.807, 2.05) is 19.9 Å². The number of fused-ring (bicyclic) bond motifs is 1. The van der Waals surface area contributed by atoms with Crippen molar-refractivity contribution in [3.63, 3.8) is 0 Å². The van der Waals surface area contributed by atoms with Crippen molar-refractivity contribution in [2.45, 2.75) is 20.3 Å². The first-order chi connectivity index (χ1) is 14.4. The molecule has 0 bridgehead atoms. The van der Waals surface area contributed by atoms with Crippen LogP contribution in [0.25, 0.3) is 16.9 Å². The molecule has 0 radical (unpaired) electrons. The number of methoxy groups -OCH3 is 1. The lowest BCUT2D eigenvalue weighted by atomic mass is 9.87. The molecule has 0 N–H and O–H groups in total. The third kappa shape index (κ3) is 3.65. The van der Waals surface area contributed by atoms with Gasteiger partial charge in [0.1, 0.15) is 11.5 Å². The first-order valence-electron chi connectivity index (χ1n) is 9.87. The highest BCUT2D eigenvalue weighted by molar-refractivity contribution is 5.93. The highest BCUT2D eigenvalue weighted by Gasteiger charge is 2.34. The van der Waals surface area contributed by atoms with Gasteiger partial charge in [0.05, 0.1) is 24.9 Å².